The van der Waals surface area contributed by atoms with Crippen molar-refractivity contribution in [2.45, 2.75) is 81.7 Å². The van der Waals surface area contributed by atoms with Crippen molar-refractivity contribution in [1.82, 2.24) is 15.1 Å². The summed E-state index contributed by atoms with van der Waals surface area (Å²) < 4.78 is 0. The van der Waals surface area contributed by atoms with Gasteiger partial charge in [-0.05, 0) is 133 Å². The van der Waals surface area contributed by atoms with Crippen LogP contribution in [0.4, 0.5) is 5.69 Å². The van der Waals surface area contributed by atoms with Crippen LogP contribution in [-0.4, -0.2) is 65.5 Å². The highest BCUT2D eigenvalue weighted by atomic mass is 16.3. The summed E-state index contributed by atoms with van der Waals surface area (Å²) in [6.45, 7) is 9.65. The molecule has 2 amide bonds. The SMILES string of the molecule is C=C1CCC(N2Cc3cc(N4CCN(CC5CCC(c6ccc([C@@H]7c8ccc(O)cc8CC[C@@H]7c7ccccc7)cc6)CC5)CC4)ccc3C2=O)C(=O)N1. The van der Waals surface area contributed by atoms with Crippen LogP contribution in [0.2, 0.25) is 0 Å². The summed E-state index contributed by atoms with van der Waals surface area (Å²) >= 11 is 0. The van der Waals surface area contributed by atoms with Crippen molar-refractivity contribution in [1.29, 1.82) is 0 Å². The van der Waals surface area contributed by atoms with Crippen molar-refractivity contribution in [3.05, 3.63) is 142 Å². The highest BCUT2D eigenvalue weighted by Crippen LogP contribution is 2.47. The van der Waals surface area contributed by atoms with Crippen LogP contribution < -0.4 is 10.2 Å². The highest BCUT2D eigenvalue weighted by molar-refractivity contribution is 6.01. The lowest BCUT2D eigenvalue weighted by atomic mass is 9.69. The Morgan fingerprint density at radius 1 is 0.722 bits per heavy atom. The minimum Gasteiger partial charge on any atom is -0.508 e. The molecule has 54 heavy (non-hydrogen) atoms. The number of hydrogen-bond donors (Lipinski definition) is 2. The van der Waals surface area contributed by atoms with Crippen molar-refractivity contribution in [2.24, 2.45) is 5.92 Å². The number of benzene rings is 4. The predicted octanol–water partition coefficient (Wildman–Crippen LogP) is 8.10. The molecular formula is C47H52N4O3. The van der Waals surface area contributed by atoms with Gasteiger partial charge < -0.3 is 20.2 Å². The Morgan fingerprint density at radius 3 is 2.24 bits per heavy atom. The van der Waals surface area contributed by atoms with Crippen molar-refractivity contribution in [2.75, 3.05) is 37.6 Å². The molecule has 0 spiro atoms. The maximum atomic E-state index is 13.2. The van der Waals surface area contributed by atoms with Gasteiger partial charge in [-0.2, -0.15) is 0 Å². The smallest absolute Gasteiger partial charge is 0.255 e. The number of aromatic hydroxyl groups is 1. The minimum absolute atomic E-state index is 0.0362. The van der Waals surface area contributed by atoms with E-state index in [4.69, 9.17) is 0 Å². The Bertz CT molecular complexity index is 2030. The fraction of sp³-hybridized carbons (Fsp3) is 0.404. The fourth-order valence-electron chi connectivity index (χ4n) is 10.3. The summed E-state index contributed by atoms with van der Waals surface area (Å²) in [5.41, 5.74) is 10.6. The van der Waals surface area contributed by atoms with Crippen molar-refractivity contribution < 1.29 is 14.7 Å². The number of nitrogens with one attached hydrogen (secondary N) is 1. The van der Waals surface area contributed by atoms with Crippen molar-refractivity contribution in [3.63, 3.8) is 0 Å². The van der Waals surface area contributed by atoms with E-state index in [1.54, 1.807) is 4.90 Å². The summed E-state index contributed by atoms with van der Waals surface area (Å²) in [6, 6.07) is 32.4. The summed E-state index contributed by atoms with van der Waals surface area (Å²) in [5.74, 6) is 2.30. The summed E-state index contributed by atoms with van der Waals surface area (Å²) in [7, 11) is 0. The average molecular weight is 721 g/mol. The molecule has 3 atom stereocenters. The van der Waals surface area contributed by atoms with Gasteiger partial charge in [-0.15, -0.1) is 0 Å². The maximum Gasteiger partial charge on any atom is 0.255 e. The highest BCUT2D eigenvalue weighted by Gasteiger charge is 2.39. The van der Waals surface area contributed by atoms with Gasteiger partial charge in [0.05, 0.1) is 0 Å². The Labute approximate surface area is 319 Å². The van der Waals surface area contributed by atoms with Crippen molar-refractivity contribution in [3.8, 4) is 5.75 Å². The average Bonchev–Trinajstić information content (AvgIpc) is 3.53. The molecule has 3 aliphatic heterocycles. The third-order valence-electron chi connectivity index (χ3n) is 13.3. The lowest BCUT2D eigenvalue weighted by molar-refractivity contribution is -0.126. The number of phenolic OH excluding ortho intramolecular Hbond substituents is 1. The van der Waals surface area contributed by atoms with E-state index < -0.39 is 6.04 Å². The lowest BCUT2D eigenvalue weighted by Gasteiger charge is -2.39. The second kappa shape index (κ2) is 14.7. The second-order valence-electron chi connectivity index (χ2n) is 16.5. The molecule has 1 saturated carbocycles. The molecule has 4 aromatic rings. The molecule has 2 aliphatic carbocycles. The Morgan fingerprint density at radius 2 is 1.48 bits per heavy atom. The summed E-state index contributed by atoms with van der Waals surface area (Å²) in [4.78, 5) is 32.7. The van der Waals surface area contributed by atoms with E-state index in [9.17, 15) is 14.7 Å². The molecule has 278 valence electrons. The summed E-state index contributed by atoms with van der Waals surface area (Å²) in [5, 5.41) is 13.1. The third-order valence-corrected chi connectivity index (χ3v) is 13.3. The number of phenols is 1. The lowest BCUT2D eigenvalue weighted by Crippen LogP contribution is -2.49. The minimum atomic E-state index is -0.422. The number of hydrogen-bond acceptors (Lipinski definition) is 5. The number of fused-ring (bicyclic) bond motifs is 2. The Kier molecular flexibility index (Phi) is 9.52. The van der Waals surface area contributed by atoms with E-state index in [0.717, 1.165) is 61.8 Å². The van der Waals surface area contributed by atoms with E-state index in [1.165, 1.54) is 65.7 Å². The quantitative estimate of drug-likeness (QED) is 0.202. The van der Waals surface area contributed by atoms with Crippen LogP contribution in [-0.2, 0) is 17.8 Å². The zero-order chi connectivity index (χ0) is 36.8. The van der Waals surface area contributed by atoms with Gasteiger partial charge in [0.15, 0.2) is 0 Å². The van der Waals surface area contributed by atoms with Gasteiger partial charge in [0.2, 0.25) is 5.91 Å². The van der Waals surface area contributed by atoms with Gasteiger partial charge in [0.25, 0.3) is 5.91 Å². The number of piperazine rings is 1. The van der Waals surface area contributed by atoms with E-state index >= 15 is 0 Å². The van der Waals surface area contributed by atoms with Gasteiger partial charge in [-0.25, -0.2) is 0 Å². The normalized spacial score (nSPS) is 26.0. The van der Waals surface area contributed by atoms with Crippen LogP contribution in [0.5, 0.6) is 5.75 Å². The van der Waals surface area contributed by atoms with Crippen LogP contribution >= 0.6 is 0 Å². The number of rotatable bonds is 7. The maximum absolute atomic E-state index is 13.2. The molecule has 0 radical (unpaired) electrons. The zero-order valence-electron chi connectivity index (χ0n) is 31.3. The first kappa shape index (κ1) is 34.9. The van der Waals surface area contributed by atoms with E-state index in [1.807, 2.05) is 18.2 Å². The molecule has 4 aromatic carbocycles. The monoisotopic (exact) mass is 720 g/mol. The molecular weight excluding hydrogens is 669 g/mol. The number of carbonyl (C=O) groups is 2. The van der Waals surface area contributed by atoms with Crippen LogP contribution in [0.1, 0.15) is 106 Å². The number of amides is 2. The molecule has 7 heteroatoms. The number of aryl methyl sites for hydroxylation is 1. The van der Waals surface area contributed by atoms with Crippen LogP contribution in [0, 0.1) is 5.92 Å². The zero-order valence-corrected chi connectivity index (χ0v) is 31.3. The first-order chi connectivity index (χ1) is 26.4. The Balaban J connectivity index is 0.780. The number of piperidine rings is 1. The third kappa shape index (κ3) is 6.83. The molecule has 0 bridgehead atoms. The molecule has 7 nitrogen and oxygen atoms in total. The van der Waals surface area contributed by atoms with Gasteiger partial charge in [-0.3, -0.25) is 14.5 Å². The number of nitrogens with zero attached hydrogens (tertiary/aromatic N) is 3. The molecule has 3 fully saturated rings. The predicted molar refractivity (Wildman–Crippen MR) is 214 cm³/mol. The molecule has 0 aromatic heterocycles. The van der Waals surface area contributed by atoms with Crippen LogP contribution in [0.3, 0.4) is 0 Å². The van der Waals surface area contributed by atoms with Gasteiger partial charge in [0.1, 0.15) is 11.8 Å². The number of anilines is 1. The molecule has 9 rings (SSSR count). The largest absolute Gasteiger partial charge is 0.508 e. The van der Waals surface area contributed by atoms with Crippen molar-refractivity contribution >= 4 is 17.5 Å². The number of carbonyl (C=O) groups excluding carboxylic acids is 2. The molecule has 1 unspecified atom stereocenters. The van der Waals surface area contributed by atoms with E-state index in [-0.39, 0.29) is 17.7 Å². The second-order valence-corrected chi connectivity index (χ2v) is 16.5. The van der Waals surface area contributed by atoms with Crippen LogP contribution in [0.25, 0.3) is 0 Å². The molecule has 2 saturated heterocycles. The fourth-order valence-corrected chi connectivity index (χ4v) is 10.3. The first-order valence-corrected chi connectivity index (χ1v) is 20.2. The van der Waals surface area contributed by atoms with E-state index in [0.29, 0.717) is 37.0 Å². The molecule has 3 heterocycles. The van der Waals surface area contributed by atoms with Gasteiger partial charge >= 0.3 is 0 Å². The van der Waals surface area contributed by atoms with Gasteiger partial charge in [0, 0.05) is 62.1 Å². The Hall–Kier alpha value is -4.88. The summed E-state index contributed by atoms with van der Waals surface area (Å²) in [6.07, 6.45) is 8.50. The van der Waals surface area contributed by atoms with Gasteiger partial charge in [-0.1, -0.05) is 67.2 Å². The molecule has 5 aliphatic rings. The number of allylic oxidation sites excluding steroid dienone is 1. The first-order valence-electron chi connectivity index (χ1n) is 20.2. The standard InChI is InChI=1S/C47H52N4O3/c1-31-7-22-44(46(53)48-31)51-30-38-27-39(17-20-43(38)47(51)54)50-25-23-49(24-26-50)29-32-8-10-33(11-9-32)34-12-14-36(15-13-34)45-41(35-5-3-2-4-6-35)19-16-37-28-40(52)18-21-42(37)45/h2-6,12-15,17-18,20-21,27-28,32-33,41,44-45,52H,1,7-11,16,19,22-26,29-30H2,(H,48,53)/t32?,33?,41-,44?,45+/m1/s1. The topological polar surface area (TPSA) is 76.1 Å². The molecule has 2 N–H and O–H groups in total. The van der Waals surface area contributed by atoms with E-state index in [2.05, 4.69) is 94.5 Å². The van der Waals surface area contributed by atoms with Crippen LogP contribution in [0.15, 0.2) is 103 Å².